The summed E-state index contributed by atoms with van der Waals surface area (Å²) in [5.41, 5.74) is 5.15. The van der Waals surface area contributed by atoms with Gasteiger partial charge < -0.3 is 15.2 Å². The summed E-state index contributed by atoms with van der Waals surface area (Å²) in [5.74, 6) is 0.598. The summed E-state index contributed by atoms with van der Waals surface area (Å²) in [5, 5.41) is 0. The van der Waals surface area contributed by atoms with E-state index in [1.54, 1.807) is 19.1 Å². The van der Waals surface area contributed by atoms with E-state index in [9.17, 15) is 13.2 Å². The first-order chi connectivity index (χ1) is 8.47. The molecule has 2 N–H and O–H groups in total. The van der Waals surface area contributed by atoms with E-state index in [1.807, 2.05) is 0 Å². The Labute approximate surface area is 104 Å². The molecule has 6 heteroatoms. The van der Waals surface area contributed by atoms with Gasteiger partial charge in [0.2, 0.25) is 0 Å². The van der Waals surface area contributed by atoms with Crippen LogP contribution in [0.4, 0.5) is 13.2 Å². The fourth-order valence-electron chi connectivity index (χ4n) is 1.41. The van der Waals surface area contributed by atoms with Gasteiger partial charge in [-0.05, 0) is 25.6 Å². The molecule has 0 fully saturated rings. The van der Waals surface area contributed by atoms with Gasteiger partial charge in [0.05, 0.1) is 6.61 Å². The smallest absolute Gasteiger partial charge is 0.425 e. The Hall–Kier alpha value is -1.43. The van der Waals surface area contributed by atoms with Gasteiger partial charge in [-0.25, -0.2) is 0 Å². The van der Waals surface area contributed by atoms with E-state index < -0.39 is 12.3 Å². The summed E-state index contributed by atoms with van der Waals surface area (Å²) < 4.78 is 48.0. The van der Waals surface area contributed by atoms with E-state index in [1.165, 1.54) is 12.1 Å². The Balaban J connectivity index is 2.77. The Morgan fingerprint density at radius 1 is 1.28 bits per heavy atom. The van der Waals surface area contributed by atoms with Crippen molar-refractivity contribution < 1.29 is 22.6 Å². The molecule has 102 valence electrons. The zero-order valence-electron chi connectivity index (χ0n) is 10.0. The molecule has 3 nitrogen and oxygen atoms in total. The molecule has 1 aromatic carbocycles. The van der Waals surface area contributed by atoms with Gasteiger partial charge in [0, 0.05) is 12.5 Å². The minimum Gasteiger partial charge on any atom is -0.494 e. The van der Waals surface area contributed by atoms with Crippen molar-refractivity contribution in [1.82, 2.24) is 0 Å². The molecule has 1 unspecified atom stereocenters. The second kappa shape index (κ2) is 6.49. The molecule has 18 heavy (non-hydrogen) atoms. The standard InChI is InChI=1S/C12H16F3NO2/c1-2-17-9-4-3-5-10(8-9)18-11(6-7-16)12(13,14)15/h3-5,8,11H,2,6-7,16H2,1H3. The van der Waals surface area contributed by atoms with Crippen molar-refractivity contribution in [3.8, 4) is 11.5 Å². The van der Waals surface area contributed by atoms with E-state index in [2.05, 4.69) is 0 Å². The molecule has 0 saturated carbocycles. The Morgan fingerprint density at radius 3 is 2.50 bits per heavy atom. The average molecular weight is 263 g/mol. The lowest BCUT2D eigenvalue weighted by Gasteiger charge is -2.21. The third-order valence-electron chi connectivity index (χ3n) is 2.19. The summed E-state index contributed by atoms with van der Waals surface area (Å²) in [7, 11) is 0. The monoisotopic (exact) mass is 263 g/mol. The first kappa shape index (κ1) is 14.6. The van der Waals surface area contributed by atoms with Crippen molar-refractivity contribution in [3.63, 3.8) is 0 Å². The van der Waals surface area contributed by atoms with Gasteiger partial charge in [-0.1, -0.05) is 6.07 Å². The van der Waals surface area contributed by atoms with Gasteiger partial charge in [0.25, 0.3) is 0 Å². The third-order valence-corrected chi connectivity index (χ3v) is 2.19. The first-order valence-electron chi connectivity index (χ1n) is 5.63. The zero-order valence-corrected chi connectivity index (χ0v) is 10.0. The number of halogens is 3. The lowest BCUT2D eigenvalue weighted by atomic mass is 10.2. The number of hydrogen-bond donors (Lipinski definition) is 1. The molecule has 0 heterocycles. The normalized spacial score (nSPS) is 13.2. The molecule has 0 radical (unpaired) electrons. The second-order valence-electron chi connectivity index (χ2n) is 3.63. The van der Waals surface area contributed by atoms with Crippen LogP contribution in [-0.4, -0.2) is 25.4 Å². The van der Waals surface area contributed by atoms with Gasteiger partial charge in [-0.2, -0.15) is 13.2 Å². The van der Waals surface area contributed by atoms with E-state index >= 15 is 0 Å². The summed E-state index contributed by atoms with van der Waals surface area (Å²) in [6.07, 6.45) is -6.59. The van der Waals surface area contributed by atoms with Gasteiger partial charge in [0.1, 0.15) is 11.5 Å². The van der Waals surface area contributed by atoms with Crippen molar-refractivity contribution in [1.29, 1.82) is 0 Å². The second-order valence-corrected chi connectivity index (χ2v) is 3.63. The van der Waals surface area contributed by atoms with Gasteiger partial charge in [-0.15, -0.1) is 0 Å². The minimum atomic E-state index is -4.43. The van der Waals surface area contributed by atoms with Gasteiger partial charge >= 0.3 is 6.18 Å². The van der Waals surface area contributed by atoms with Crippen molar-refractivity contribution in [2.45, 2.75) is 25.6 Å². The molecule has 0 saturated heterocycles. The lowest BCUT2D eigenvalue weighted by Crippen LogP contribution is -2.36. The van der Waals surface area contributed by atoms with Crippen LogP contribution in [0.3, 0.4) is 0 Å². The number of benzene rings is 1. The number of nitrogens with two attached hydrogens (primary N) is 1. The topological polar surface area (TPSA) is 44.5 Å². The molecule has 0 aliphatic rings. The minimum absolute atomic E-state index is 0.0880. The summed E-state index contributed by atoms with van der Waals surface area (Å²) in [4.78, 5) is 0. The number of rotatable bonds is 6. The Kier molecular flexibility index (Phi) is 5.27. The molecule has 0 aromatic heterocycles. The number of alkyl halides is 3. The van der Waals surface area contributed by atoms with E-state index in [4.69, 9.17) is 15.2 Å². The number of ether oxygens (including phenoxy) is 2. The van der Waals surface area contributed by atoms with Crippen LogP contribution in [-0.2, 0) is 0 Å². The molecule has 0 aliphatic heterocycles. The van der Waals surface area contributed by atoms with Crippen LogP contribution in [0.1, 0.15) is 13.3 Å². The van der Waals surface area contributed by atoms with Crippen LogP contribution in [0.2, 0.25) is 0 Å². The molecule has 1 rings (SSSR count). The van der Waals surface area contributed by atoms with Crippen molar-refractivity contribution in [3.05, 3.63) is 24.3 Å². The fraction of sp³-hybridized carbons (Fsp3) is 0.500. The molecule has 0 spiro atoms. The third kappa shape index (κ3) is 4.44. The van der Waals surface area contributed by atoms with Gasteiger partial charge in [-0.3, -0.25) is 0 Å². The van der Waals surface area contributed by atoms with Crippen LogP contribution in [0, 0.1) is 0 Å². The fourth-order valence-corrected chi connectivity index (χ4v) is 1.41. The Morgan fingerprint density at radius 2 is 1.94 bits per heavy atom. The van der Waals surface area contributed by atoms with Gasteiger partial charge in [0.15, 0.2) is 6.10 Å². The molecule has 0 bridgehead atoms. The van der Waals surface area contributed by atoms with Crippen LogP contribution in [0.25, 0.3) is 0 Å². The highest BCUT2D eigenvalue weighted by Gasteiger charge is 2.41. The number of hydrogen-bond acceptors (Lipinski definition) is 3. The summed E-state index contributed by atoms with van der Waals surface area (Å²) in [6, 6.07) is 6.12. The van der Waals surface area contributed by atoms with Crippen LogP contribution in [0.5, 0.6) is 11.5 Å². The molecular weight excluding hydrogens is 247 g/mol. The maximum absolute atomic E-state index is 12.6. The summed E-state index contributed by atoms with van der Waals surface area (Å²) in [6.45, 7) is 2.14. The maximum atomic E-state index is 12.6. The van der Waals surface area contributed by atoms with Crippen LogP contribution >= 0.6 is 0 Å². The molecule has 1 aromatic rings. The largest absolute Gasteiger partial charge is 0.494 e. The molecule has 1 atom stereocenters. The predicted octanol–water partition coefficient (Wildman–Crippen LogP) is 2.74. The molecular formula is C12H16F3NO2. The molecule has 0 aliphatic carbocycles. The first-order valence-corrected chi connectivity index (χ1v) is 5.63. The van der Waals surface area contributed by atoms with Crippen LogP contribution < -0.4 is 15.2 Å². The van der Waals surface area contributed by atoms with Crippen molar-refractivity contribution >= 4 is 0 Å². The highest BCUT2D eigenvalue weighted by molar-refractivity contribution is 5.33. The van der Waals surface area contributed by atoms with E-state index in [-0.39, 0.29) is 18.7 Å². The zero-order chi connectivity index (χ0) is 13.6. The highest BCUT2D eigenvalue weighted by Crippen LogP contribution is 2.28. The average Bonchev–Trinajstić information content (AvgIpc) is 2.28. The SMILES string of the molecule is CCOc1cccc(OC(CCN)C(F)(F)F)c1. The van der Waals surface area contributed by atoms with E-state index in [0.29, 0.717) is 12.4 Å². The van der Waals surface area contributed by atoms with Crippen molar-refractivity contribution in [2.75, 3.05) is 13.2 Å². The molecule has 0 amide bonds. The quantitative estimate of drug-likeness (QED) is 0.858. The Bertz CT molecular complexity index is 369. The van der Waals surface area contributed by atoms with Crippen molar-refractivity contribution in [2.24, 2.45) is 5.73 Å². The maximum Gasteiger partial charge on any atom is 0.425 e. The predicted molar refractivity (Wildman–Crippen MR) is 61.8 cm³/mol. The van der Waals surface area contributed by atoms with E-state index in [0.717, 1.165) is 0 Å². The highest BCUT2D eigenvalue weighted by atomic mass is 19.4. The van der Waals surface area contributed by atoms with Crippen LogP contribution in [0.15, 0.2) is 24.3 Å². The lowest BCUT2D eigenvalue weighted by molar-refractivity contribution is -0.196. The summed E-state index contributed by atoms with van der Waals surface area (Å²) >= 11 is 0.